The summed E-state index contributed by atoms with van der Waals surface area (Å²) in [7, 11) is 0. The molecule has 0 spiro atoms. The van der Waals surface area contributed by atoms with Gasteiger partial charge in [-0.1, -0.05) is 0 Å². The van der Waals surface area contributed by atoms with E-state index >= 15 is 0 Å². The quantitative estimate of drug-likeness (QED) is 0.224. The van der Waals surface area contributed by atoms with Gasteiger partial charge < -0.3 is 22.1 Å². The van der Waals surface area contributed by atoms with Gasteiger partial charge in [0.1, 0.15) is 0 Å². The van der Waals surface area contributed by atoms with Gasteiger partial charge in [0.25, 0.3) is 0 Å². The number of rotatable bonds is 6. The van der Waals surface area contributed by atoms with E-state index in [4.69, 9.17) is 28.8 Å². The molecular formula is C22H43ClN8. The molecular weight excluding hydrogens is 412 g/mol. The lowest BCUT2D eigenvalue weighted by atomic mass is 9.69. The first-order chi connectivity index (χ1) is 15.0. The summed E-state index contributed by atoms with van der Waals surface area (Å²) in [5, 5.41) is 7.65. The topological polar surface area (TPSA) is 121 Å². The summed E-state index contributed by atoms with van der Waals surface area (Å²) < 4.78 is 0. The van der Waals surface area contributed by atoms with Crippen molar-refractivity contribution in [2.45, 2.75) is 81.2 Å². The van der Waals surface area contributed by atoms with Crippen LogP contribution in [0.25, 0.3) is 0 Å². The molecule has 2 aliphatic carbocycles. The molecule has 0 bridgehead atoms. The highest BCUT2D eigenvalue weighted by molar-refractivity contribution is 6.20. The maximum atomic E-state index is 6.59. The Hall–Kier alpha value is -0.640. The minimum absolute atomic E-state index is 0.141. The summed E-state index contributed by atoms with van der Waals surface area (Å²) in [5.41, 5.74) is 17.0. The molecule has 4 aliphatic rings. The van der Waals surface area contributed by atoms with Gasteiger partial charge in [-0.05, 0) is 76.3 Å². The highest BCUT2D eigenvalue weighted by atomic mass is 35.5. The van der Waals surface area contributed by atoms with Gasteiger partial charge >= 0.3 is 0 Å². The van der Waals surface area contributed by atoms with Crippen LogP contribution in [0.3, 0.4) is 0 Å². The van der Waals surface area contributed by atoms with Crippen LogP contribution in [0.2, 0.25) is 0 Å². The molecule has 178 valence electrons. The summed E-state index contributed by atoms with van der Waals surface area (Å²) >= 11 is 6.59. The average Bonchev–Trinajstić information content (AvgIpc) is 2.77. The number of fused-ring (bicyclic) bond motifs is 1. The van der Waals surface area contributed by atoms with E-state index in [1.807, 2.05) is 0 Å². The first-order valence-corrected chi connectivity index (χ1v) is 12.9. The molecule has 2 saturated carbocycles. The maximum absolute atomic E-state index is 6.59. The molecule has 0 aromatic heterocycles. The Morgan fingerprint density at radius 2 is 1.71 bits per heavy atom. The largest absolute Gasteiger partial charge is 0.370 e. The van der Waals surface area contributed by atoms with Crippen molar-refractivity contribution in [1.29, 1.82) is 0 Å². The molecule has 9 heteroatoms. The number of hydrogen-bond acceptors (Lipinski definition) is 6. The van der Waals surface area contributed by atoms with Crippen molar-refractivity contribution in [3.05, 3.63) is 0 Å². The predicted octanol–water partition coefficient (Wildman–Crippen LogP) is 0.406. The molecule has 2 heterocycles. The van der Waals surface area contributed by atoms with Crippen molar-refractivity contribution in [3.63, 3.8) is 0 Å². The summed E-state index contributed by atoms with van der Waals surface area (Å²) in [6, 6.07) is 1.63. The number of halogens is 1. The van der Waals surface area contributed by atoms with Crippen LogP contribution in [0.5, 0.6) is 0 Å². The third kappa shape index (κ3) is 6.03. The van der Waals surface area contributed by atoms with Crippen LogP contribution in [-0.2, 0) is 0 Å². The van der Waals surface area contributed by atoms with Crippen LogP contribution in [0.15, 0.2) is 4.99 Å². The average molecular weight is 455 g/mol. The Morgan fingerprint density at radius 3 is 2.39 bits per heavy atom. The van der Waals surface area contributed by atoms with E-state index < -0.39 is 0 Å². The molecule has 5 atom stereocenters. The lowest BCUT2D eigenvalue weighted by molar-refractivity contribution is 0.0405. The zero-order valence-corrected chi connectivity index (χ0v) is 19.6. The minimum atomic E-state index is -0.178. The molecule has 4 rings (SSSR count). The van der Waals surface area contributed by atoms with Gasteiger partial charge in [-0.2, -0.15) is 0 Å². The fourth-order valence-electron chi connectivity index (χ4n) is 6.51. The van der Waals surface area contributed by atoms with Crippen LogP contribution in [0, 0.1) is 11.8 Å². The van der Waals surface area contributed by atoms with Gasteiger partial charge in [0, 0.05) is 49.7 Å². The summed E-state index contributed by atoms with van der Waals surface area (Å²) in [6.07, 6.45) is 9.35. The Kier molecular flexibility index (Phi) is 8.33. The summed E-state index contributed by atoms with van der Waals surface area (Å²) in [5.74, 6) is 1.38. The van der Waals surface area contributed by atoms with Crippen LogP contribution < -0.4 is 27.8 Å². The van der Waals surface area contributed by atoms with Crippen molar-refractivity contribution < 1.29 is 0 Å². The van der Waals surface area contributed by atoms with E-state index in [2.05, 4.69) is 25.4 Å². The van der Waals surface area contributed by atoms with Gasteiger partial charge in [0.2, 0.25) is 0 Å². The van der Waals surface area contributed by atoms with Crippen LogP contribution in [0.4, 0.5) is 0 Å². The molecule has 5 unspecified atom stereocenters. The number of nitrogens with zero attached hydrogens (tertiary/aromatic N) is 3. The molecule has 0 aromatic carbocycles. The van der Waals surface area contributed by atoms with Gasteiger partial charge in [0.05, 0.1) is 0 Å². The normalized spacial score (nSPS) is 40.3. The number of hydrogen-bond donors (Lipinski definition) is 5. The first kappa shape index (κ1) is 23.5. The lowest BCUT2D eigenvalue weighted by Crippen LogP contribution is -2.66. The van der Waals surface area contributed by atoms with E-state index in [1.54, 1.807) is 0 Å². The third-order valence-corrected chi connectivity index (χ3v) is 8.54. The summed E-state index contributed by atoms with van der Waals surface area (Å²) in [4.78, 5) is 9.72. The van der Waals surface area contributed by atoms with Crippen LogP contribution >= 0.6 is 11.6 Å². The van der Waals surface area contributed by atoms with E-state index in [9.17, 15) is 0 Å². The van der Waals surface area contributed by atoms with E-state index in [1.165, 1.54) is 51.9 Å². The van der Waals surface area contributed by atoms with Crippen LogP contribution in [0.1, 0.15) is 51.4 Å². The number of piperazine rings is 1. The predicted molar refractivity (Wildman–Crippen MR) is 128 cm³/mol. The van der Waals surface area contributed by atoms with Crippen molar-refractivity contribution in [3.8, 4) is 0 Å². The second kappa shape index (κ2) is 11.0. The smallest absolute Gasteiger partial charge is 0.188 e. The molecule has 31 heavy (non-hydrogen) atoms. The van der Waals surface area contributed by atoms with Crippen molar-refractivity contribution in [1.82, 2.24) is 20.4 Å². The molecule has 0 amide bonds. The van der Waals surface area contributed by atoms with Gasteiger partial charge in [0.15, 0.2) is 12.2 Å². The third-order valence-electron chi connectivity index (χ3n) is 8.15. The Morgan fingerprint density at radius 1 is 0.968 bits per heavy atom. The fourth-order valence-corrected chi connectivity index (χ4v) is 6.85. The first-order valence-electron chi connectivity index (χ1n) is 12.4. The lowest BCUT2D eigenvalue weighted by Gasteiger charge is -2.50. The Balaban J connectivity index is 1.32. The molecule has 0 aromatic rings. The zero-order valence-electron chi connectivity index (χ0n) is 18.9. The number of nitrogens with one attached hydrogen (secondary N) is 2. The van der Waals surface area contributed by atoms with E-state index in [0.29, 0.717) is 29.3 Å². The second-order valence-corrected chi connectivity index (χ2v) is 10.7. The summed E-state index contributed by atoms with van der Waals surface area (Å²) in [6.45, 7) is 6.74. The van der Waals surface area contributed by atoms with E-state index in [0.717, 1.165) is 44.8 Å². The minimum Gasteiger partial charge on any atom is -0.370 e. The van der Waals surface area contributed by atoms with Crippen LogP contribution in [-0.4, -0.2) is 84.8 Å². The van der Waals surface area contributed by atoms with Crippen molar-refractivity contribution in [2.24, 2.45) is 34.0 Å². The zero-order chi connectivity index (χ0) is 21.8. The van der Waals surface area contributed by atoms with Gasteiger partial charge in [-0.25, -0.2) is 4.99 Å². The molecule has 8 nitrogen and oxygen atoms in total. The molecule has 8 N–H and O–H groups in total. The molecule has 2 saturated heterocycles. The van der Waals surface area contributed by atoms with E-state index in [-0.39, 0.29) is 12.2 Å². The number of nitrogens with two attached hydrogens (primary N) is 3. The van der Waals surface area contributed by atoms with Gasteiger partial charge in [-0.15, -0.1) is 11.6 Å². The maximum Gasteiger partial charge on any atom is 0.188 e. The SMILES string of the molecule is NCCCN1CCN(C2CCC(C3NC(N=C(N)N)NC4CCC(Cl)CC43)CC2)CC1. The second-order valence-electron chi connectivity index (χ2n) is 10.1. The highest BCUT2D eigenvalue weighted by Crippen LogP contribution is 2.40. The number of alkyl halides is 1. The standard InChI is InChI=1S/C22H43ClN8/c23-16-4-7-19-18(14-16)20(28-22(27-19)29-21(25)26)15-2-5-17(6-3-15)31-12-10-30(11-13-31)9-1-8-24/h15-20,22,27-28H,1-14,24H2,(H4,25,26,29). The van der Waals surface area contributed by atoms with Crippen molar-refractivity contribution >= 4 is 17.6 Å². The fraction of sp³-hybridized carbons (Fsp3) is 0.955. The van der Waals surface area contributed by atoms with Gasteiger partial charge in [-0.3, -0.25) is 15.5 Å². The Labute approximate surface area is 192 Å². The van der Waals surface area contributed by atoms with Crippen molar-refractivity contribution in [2.75, 3.05) is 39.3 Å². The molecule has 2 aliphatic heterocycles. The molecule has 0 radical (unpaired) electrons. The number of guanidine groups is 1. The highest BCUT2D eigenvalue weighted by Gasteiger charge is 2.44. The number of aliphatic imine (C=N–C) groups is 1. The Bertz CT molecular complexity index is 584. The monoisotopic (exact) mass is 454 g/mol. The molecule has 4 fully saturated rings.